The number of nitrogens with one attached hydrogen (secondary N) is 1. The Bertz CT molecular complexity index is 221. The normalized spacial score (nSPS) is 27.9. The largest absolute Gasteiger partial charge is 0.381 e. The molecule has 86 valence electrons. The smallest absolute Gasteiger partial charge is 0.239 e. The Morgan fingerprint density at radius 2 is 2.07 bits per heavy atom. The predicted molar refractivity (Wildman–Crippen MR) is 57.6 cm³/mol. The van der Waals surface area contributed by atoms with E-state index in [0.717, 1.165) is 45.4 Å². The molecule has 2 heterocycles. The molecule has 15 heavy (non-hydrogen) atoms. The van der Waals surface area contributed by atoms with Gasteiger partial charge in [0.25, 0.3) is 0 Å². The van der Waals surface area contributed by atoms with Crippen molar-refractivity contribution in [2.75, 3.05) is 26.8 Å². The molecule has 0 aliphatic carbocycles. The van der Waals surface area contributed by atoms with Gasteiger partial charge in [-0.2, -0.15) is 0 Å². The first-order chi connectivity index (χ1) is 7.29. The summed E-state index contributed by atoms with van der Waals surface area (Å²) in [7, 11) is 1.93. The van der Waals surface area contributed by atoms with E-state index in [0.29, 0.717) is 6.04 Å². The van der Waals surface area contributed by atoms with Gasteiger partial charge in [0.2, 0.25) is 5.91 Å². The van der Waals surface area contributed by atoms with E-state index >= 15 is 0 Å². The fourth-order valence-corrected chi connectivity index (χ4v) is 2.39. The van der Waals surface area contributed by atoms with Crippen molar-refractivity contribution in [2.24, 2.45) is 0 Å². The average molecular weight is 212 g/mol. The molecule has 2 aliphatic heterocycles. The van der Waals surface area contributed by atoms with Crippen molar-refractivity contribution in [2.45, 2.75) is 37.8 Å². The lowest BCUT2D eigenvalue weighted by molar-refractivity contribution is -0.135. The van der Waals surface area contributed by atoms with Crippen molar-refractivity contribution in [1.29, 1.82) is 0 Å². The number of ether oxygens (including phenoxy) is 1. The van der Waals surface area contributed by atoms with Gasteiger partial charge in [-0.25, -0.2) is 0 Å². The molecule has 1 atom stereocenters. The number of hydrogen-bond acceptors (Lipinski definition) is 3. The van der Waals surface area contributed by atoms with Crippen LogP contribution in [0.15, 0.2) is 0 Å². The van der Waals surface area contributed by atoms with E-state index in [2.05, 4.69) is 5.32 Å². The Hall–Kier alpha value is -0.610. The van der Waals surface area contributed by atoms with Gasteiger partial charge < -0.3 is 15.0 Å². The summed E-state index contributed by atoms with van der Waals surface area (Å²) in [5, 5.41) is 3.25. The van der Waals surface area contributed by atoms with Crippen LogP contribution >= 0.6 is 0 Å². The fraction of sp³-hybridized carbons (Fsp3) is 0.909. The van der Waals surface area contributed by atoms with Crippen LogP contribution < -0.4 is 5.32 Å². The minimum atomic E-state index is 0.0674. The molecule has 0 aromatic carbocycles. The third kappa shape index (κ3) is 2.49. The van der Waals surface area contributed by atoms with E-state index in [1.54, 1.807) is 0 Å². The lowest BCUT2D eigenvalue weighted by atomic mass is 10.1. The molecule has 1 amide bonds. The topological polar surface area (TPSA) is 41.6 Å². The molecule has 0 aromatic rings. The molecule has 2 saturated heterocycles. The van der Waals surface area contributed by atoms with Crippen molar-refractivity contribution < 1.29 is 9.53 Å². The van der Waals surface area contributed by atoms with Crippen LogP contribution in [0.1, 0.15) is 25.7 Å². The van der Waals surface area contributed by atoms with Gasteiger partial charge in [-0.15, -0.1) is 0 Å². The van der Waals surface area contributed by atoms with Gasteiger partial charge in [-0.3, -0.25) is 4.79 Å². The molecule has 4 nitrogen and oxygen atoms in total. The highest BCUT2D eigenvalue weighted by Gasteiger charge is 2.29. The second kappa shape index (κ2) is 4.94. The van der Waals surface area contributed by atoms with Crippen molar-refractivity contribution in [3.63, 3.8) is 0 Å². The lowest BCUT2D eigenvalue weighted by Crippen LogP contribution is -2.48. The molecule has 0 saturated carbocycles. The number of amides is 1. The molecular weight excluding hydrogens is 192 g/mol. The Labute approximate surface area is 91.0 Å². The van der Waals surface area contributed by atoms with Crippen molar-refractivity contribution in [1.82, 2.24) is 10.2 Å². The lowest BCUT2D eigenvalue weighted by Gasteiger charge is -2.32. The van der Waals surface area contributed by atoms with Gasteiger partial charge in [0, 0.05) is 26.3 Å². The van der Waals surface area contributed by atoms with E-state index in [4.69, 9.17) is 4.74 Å². The molecule has 0 radical (unpaired) electrons. The molecular formula is C11H20N2O2. The standard InChI is InChI=1S/C11H20N2O2/c1-13(9-4-7-15-8-5-9)11(14)10-3-2-6-12-10/h9-10,12H,2-8H2,1H3/t10-/m1/s1. The number of carbonyl (C=O) groups is 1. The third-order valence-corrected chi connectivity index (χ3v) is 3.44. The van der Waals surface area contributed by atoms with E-state index in [-0.39, 0.29) is 11.9 Å². The highest BCUT2D eigenvalue weighted by atomic mass is 16.5. The first-order valence-corrected chi connectivity index (χ1v) is 5.87. The van der Waals surface area contributed by atoms with Crippen LogP contribution in [0.4, 0.5) is 0 Å². The maximum Gasteiger partial charge on any atom is 0.239 e. The first kappa shape index (κ1) is 10.9. The quantitative estimate of drug-likeness (QED) is 0.719. The molecule has 2 rings (SSSR count). The molecule has 0 spiro atoms. The fourth-order valence-electron chi connectivity index (χ4n) is 2.39. The maximum atomic E-state index is 12.1. The Morgan fingerprint density at radius 3 is 2.67 bits per heavy atom. The van der Waals surface area contributed by atoms with Gasteiger partial charge in [-0.1, -0.05) is 0 Å². The second-order valence-electron chi connectivity index (χ2n) is 4.44. The minimum absolute atomic E-state index is 0.0674. The molecule has 4 heteroatoms. The van der Waals surface area contributed by atoms with Gasteiger partial charge in [0.1, 0.15) is 0 Å². The van der Waals surface area contributed by atoms with Crippen LogP contribution in [-0.2, 0) is 9.53 Å². The summed E-state index contributed by atoms with van der Waals surface area (Å²) in [6, 6.07) is 0.450. The van der Waals surface area contributed by atoms with E-state index in [1.165, 1.54) is 0 Å². The van der Waals surface area contributed by atoms with Gasteiger partial charge >= 0.3 is 0 Å². The maximum absolute atomic E-state index is 12.1. The van der Waals surface area contributed by atoms with Gasteiger partial charge in [0.15, 0.2) is 0 Å². The third-order valence-electron chi connectivity index (χ3n) is 3.44. The van der Waals surface area contributed by atoms with E-state index in [9.17, 15) is 4.79 Å². The molecule has 0 bridgehead atoms. The molecule has 2 aliphatic rings. The van der Waals surface area contributed by atoms with Crippen LogP contribution in [0.5, 0.6) is 0 Å². The van der Waals surface area contributed by atoms with Crippen molar-refractivity contribution >= 4 is 5.91 Å². The second-order valence-corrected chi connectivity index (χ2v) is 4.44. The summed E-state index contributed by atoms with van der Waals surface area (Å²) in [4.78, 5) is 14.0. The van der Waals surface area contributed by atoms with E-state index in [1.807, 2.05) is 11.9 Å². The zero-order chi connectivity index (χ0) is 10.7. The average Bonchev–Trinajstić information content (AvgIpc) is 2.82. The van der Waals surface area contributed by atoms with Crippen LogP contribution in [0.3, 0.4) is 0 Å². The number of rotatable bonds is 2. The summed E-state index contributed by atoms with van der Waals surface area (Å²) in [6.07, 6.45) is 4.08. The van der Waals surface area contributed by atoms with E-state index < -0.39 is 0 Å². The zero-order valence-corrected chi connectivity index (χ0v) is 9.37. The Morgan fingerprint density at radius 1 is 1.33 bits per heavy atom. The first-order valence-electron chi connectivity index (χ1n) is 5.87. The summed E-state index contributed by atoms with van der Waals surface area (Å²) < 4.78 is 5.30. The number of likely N-dealkylation sites (N-methyl/N-ethyl adjacent to an activating group) is 1. The van der Waals surface area contributed by atoms with Crippen LogP contribution in [-0.4, -0.2) is 49.7 Å². The van der Waals surface area contributed by atoms with Crippen LogP contribution in [0.2, 0.25) is 0 Å². The SMILES string of the molecule is CN(C(=O)[C@H]1CCCN1)C1CCOCC1. The van der Waals surface area contributed by atoms with Crippen molar-refractivity contribution in [3.05, 3.63) is 0 Å². The predicted octanol–water partition coefficient (Wildman–Crippen LogP) is 0.376. The summed E-state index contributed by atoms with van der Waals surface area (Å²) in [5.41, 5.74) is 0. The summed E-state index contributed by atoms with van der Waals surface area (Å²) >= 11 is 0. The zero-order valence-electron chi connectivity index (χ0n) is 9.37. The minimum Gasteiger partial charge on any atom is -0.381 e. The highest BCUT2D eigenvalue weighted by molar-refractivity contribution is 5.82. The molecule has 0 aromatic heterocycles. The number of nitrogens with zero attached hydrogens (tertiary/aromatic N) is 1. The van der Waals surface area contributed by atoms with Crippen LogP contribution in [0, 0.1) is 0 Å². The number of hydrogen-bond donors (Lipinski definition) is 1. The summed E-state index contributed by atoms with van der Waals surface area (Å²) in [6.45, 7) is 2.57. The molecule has 0 unspecified atom stereocenters. The number of carbonyl (C=O) groups excluding carboxylic acids is 1. The van der Waals surface area contributed by atoms with Gasteiger partial charge in [-0.05, 0) is 32.2 Å². The monoisotopic (exact) mass is 212 g/mol. The molecule has 1 N–H and O–H groups in total. The van der Waals surface area contributed by atoms with Gasteiger partial charge in [0.05, 0.1) is 6.04 Å². The van der Waals surface area contributed by atoms with Crippen LogP contribution in [0.25, 0.3) is 0 Å². The molecule has 2 fully saturated rings. The highest BCUT2D eigenvalue weighted by Crippen LogP contribution is 2.16. The Balaban J connectivity index is 1.87. The van der Waals surface area contributed by atoms with Crippen molar-refractivity contribution in [3.8, 4) is 0 Å². The Kier molecular flexibility index (Phi) is 3.59. The summed E-state index contributed by atoms with van der Waals surface area (Å²) in [5.74, 6) is 0.263.